The van der Waals surface area contributed by atoms with E-state index in [2.05, 4.69) is 14.7 Å². The van der Waals surface area contributed by atoms with Gasteiger partial charge in [0, 0.05) is 36.9 Å². The molecule has 174 valence electrons. The molecule has 0 atom stereocenters. The predicted octanol–water partition coefficient (Wildman–Crippen LogP) is 4.24. The Hall–Kier alpha value is -3.92. The average Bonchev–Trinajstić information content (AvgIpc) is 3.37. The second kappa shape index (κ2) is 8.14. The van der Waals surface area contributed by atoms with E-state index in [0.29, 0.717) is 28.8 Å². The van der Waals surface area contributed by atoms with Gasteiger partial charge in [0.2, 0.25) is 15.9 Å². The highest BCUT2D eigenvalue weighted by Crippen LogP contribution is 2.37. The highest BCUT2D eigenvalue weighted by Gasteiger charge is 2.19. The lowest BCUT2D eigenvalue weighted by molar-refractivity contribution is 0.457. The van der Waals surface area contributed by atoms with Crippen LogP contribution in [-0.2, 0) is 23.6 Å². The highest BCUT2D eigenvalue weighted by molar-refractivity contribution is 7.92. The van der Waals surface area contributed by atoms with Crippen LogP contribution in [0.1, 0.15) is 12.5 Å². The van der Waals surface area contributed by atoms with E-state index in [4.69, 9.17) is 0 Å². The smallest absolute Gasteiger partial charge is 0.236 e. The zero-order valence-electron chi connectivity index (χ0n) is 18.5. The molecule has 0 aliphatic carbocycles. The van der Waals surface area contributed by atoms with Crippen molar-refractivity contribution in [1.82, 2.24) is 19.1 Å². The molecule has 0 amide bonds. The molecule has 2 N–H and O–H groups in total. The molecule has 0 spiro atoms. The molecule has 34 heavy (non-hydrogen) atoms. The third-order valence-corrected chi connectivity index (χ3v) is 7.11. The summed E-state index contributed by atoms with van der Waals surface area (Å²) in [5.74, 6) is -0.477. The van der Waals surface area contributed by atoms with Crippen LogP contribution in [0, 0.1) is 5.82 Å². The quantitative estimate of drug-likeness (QED) is 0.379. The molecule has 0 saturated heterocycles. The standard InChI is InChI=1S/C24H22FN5O3S/c1-3-34(32,33)28-20-10-16(19-13-29(2)23-18(19)8-9-26-24(23)31)11-21-22(20)27-14-30(21)12-15-4-6-17(25)7-5-15/h4-11,13-14,28H,3,12H2,1-2H3,(H,26,31). The van der Waals surface area contributed by atoms with Gasteiger partial charge in [0.15, 0.2) is 0 Å². The van der Waals surface area contributed by atoms with Gasteiger partial charge >= 0.3 is 0 Å². The number of sulfonamides is 1. The fourth-order valence-corrected chi connectivity index (χ4v) is 4.75. The first-order valence-corrected chi connectivity index (χ1v) is 12.3. The Bertz CT molecular complexity index is 1640. The van der Waals surface area contributed by atoms with Crippen molar-refractivity contribution in [2.75, 3.05) is 10.5 Å². The second-order valence-corrected chi connectivity index (χ2v) is 10.1. The molecule has 0 aliphatic heterocycles. The summed E-state index contributed by atoms with van der Waals surface area (Å²) in [5, 5.41) is 11.0. The molecule has 2 aromatic carbocycles. The number of fused-ring (bicyclic) bond motifs is 2. The Morgan fingerprint density at radius 1 is 1.12 bits per heavy atom. The molecular weight excluding hydrogens is 457 g/mol. The van der Waals surface area contributed by atoms with Crippen molar-refractivity contribution in [3.63, 3.8) is 0 Å². The summed E-state index contributed by atoms with van der Waals surface area (Å²) >= 11 is 0. The molecule has 5 rings (SSSR count). The van der Waals surface area contributed by atoms with Crippen molar-refractivity contribution in [2.45, 2.75) is 13.5 Å². The van der Waals surface area contributed by atoms with E-state index in [-0.39, 0.29) is 17.5 Å². The first-order chi connectivity index (χ1) is 16.3. The van der Waals surface area contributed by atoms with Crippen LogP contribution < -0.4 is 4.72 Å². The Morgan fingerprint density at radius 2 is 1.88 bits per heavy atom. The number of pyridine rings is 1. The van der Waals surface area contributed by atoms with Crippen LogP contribution in [0.3, 0.4) is 0 Å². The van der Waals surface area contributed by atoms with Gasteiger partial charge in [0.25, 0.3) is 0 Å². The zero-order chi connectivity index (χ0) is 24.0. The van der Waals surface area contributed by atoms with Crippen LogP contribution in [0.4, 0.5) is 10.1 Å². The van der Waals surface area contributed by atoms with Gasteiger partial charge in [-0.05, 0) is 48.4 Å². The number of halogens is 1. The maximum atomic E-state index is 13.4. The third-order valence-electron chi connectivity index (χ3n) is 5.82. The number of imidazole rings is 1. The van der Waals surface area contributed by atoms with Gasteiger partial charge in [-0.25, -0.2) is 22.8 Å². The number of aromatic hydroxyl groups is 1. The summed E-state index contributed by atoms with van der Waals surface area (Å²) in [4.78, 5) is 8.44. The monoisotopic (exact) mass is 479 g/mol. The van der Waals surface area contributed by atoms with Gasteiger partial charge < -0.3 is 14.2 Å². The number of nitrogens with zero attached hydrogens (tertiary/aromatic N) is 4. The summed E-state index contributed by atoms with van der Waals surface area (Å²) in [6.45, 7) is 2.00. The molecule has 10 heteroatoms. The lowest BCUT2D eigenvalue weighted by Gasteiger charge is -2.11. The van der Waals surface area contributed by atoms with E-state index in [1.165, 1.54) is 18.3 Å². The molecule has 0 radical (unpaired) electrons. The molecule has 3 heterocycles. The summed E-state index contributed by atoms with van der Waals surface area (Å²) in [6, 6.07) is 11.7. The Kier molecular flexibility index (Phi) is 5.24. The number of hydrogen-bond acceptors (Lipinski definition) is 5. The normalized spacial score (nSPS) is 12.0. The molecule has 0 unspecified atom stereocenters. The molecular formula is C24H22FN5O3S. The molecule has 8 nitrogen and oxygen atoms in total. The van der Waals surface area contributed by atoms with Crippen molar-refractivity contribution < 1.29 is 17.9 Å². The number of benzene rings is 2. The lowest BCUT2D eigenvalue weighted by Crippen LogP contribution is -2.15. The van der Waals surface area contributed by atoms with Crippen molar-refractivity contribution in [3.8, 4) is 17.0 Å². The first kappa shape index (κ1) is 21.9. The Balaban J connectivity index is 1.72. The van der Waals surface area contributed by atoms with Gasteiger partial charge in [0.1, 0.15) is 16.9 Å². The maximum absolute atomic E-state index is 13.4. The van der Waals surface area contributed by atoms with Crippen LogP contribution in [0.2, 0.25) is 0 Å². The number of rotatable bonds is 6. The van der Waals surface area contributed by atoms with Crippen molar-refractivity contribution in [2.24, 2.45) is 7.05 Å². The third kappa shape index (κ3) is 3.86. The summed E-state index contributed by atoms with van der Waals surface area (Å²) in [5.41, 5.74) is 4.60. The minimum atomic E-state index is -3.56. The Morgan fingerprint density at radius 3 is 2.62 bits per heavy atom. The summed E-state index contributed by atoms with van der Waals surface area (Å²) in [6.07, 6.45) is 5.03. The molecule has 5 aromatic rings. The van der Waals surface area contributed by atoms with Gasteiger partial charge in [0.05, 0.1) is 23.3 Å². The number of aryl methyl sites for hydroxylation is 1. The summed E-state index contributed by atoms with van der Waals surface area (Å²) < 4.78 is 44.5. The minimum Gasteiger partial charge on any atom is -0.492 e. The van der Waals surface area contributed by atoms with Gasteiger partial charge in [-0.15, -0.1) is 0 Å². The molecule has 0 fully saturated rings. The lowest BCUT2D eigenvalue weighted by atomic mass is 10.0. The number of anilines is 1. The maximum Gasteiger partial charge on any atom is 0.236 e. The predicted molar refractivity (Wildman–Crippen MR) is 130 cm³/mol. The highest BCUT2D eigenvalue weighted by atomic mass is 32.2. The molecule has 3 aromatic heterocycles. The van der Waals surface area contributed by atoms with Crippen LogP contribution in [0.5, 0.6) is 5.88 Å². The molecule has 0 saturated carbocycles. The van der Waals surface area contributed by atoms with Gasteiger partial charge in [-0.1, -0.05) is 12.1 Å². The van der Waals surface area contributed by atoms with E-state index < -0.39 is 10.0 Å². The van der Waals surface area contributed by atoms with E-state index in [0.717, 1.165) is 22.1 Å². The van der Waals surface area contributed by atoms with Crippen molar-refractivity contribution >= 4 is 37.6 Å². The van der Waals surface area contributed by atoms with Crippen LogP contribution in [-0.4, -0.2) is 38.4 Å². The number of nitrogens with one attached hydrogen (secondary N) is 1. The van der Waals surface area contributed by atoms with Gasteiger partial charge in [-0.2, -0.15) is 0 Å². The largest absolute Gasteiger partial charge is 0.492 e. The van der Waals surface area contributed by atoms with E-state index in [1.807, 2.05) is 23.9 Å². The van der Waals surface area contributed by atoms with Crippen LogP contribution >= 0.6 is 0 Å². The number of hydrogen-bond donors (Lipinski definition) is 2. The minimum absolute atomic E-state index is 0.0805. The molecule has 0 aliphatic rings. The van der Waals surface area contributed by atoms with Crippen LogP contribution in [0.25, 0.3) is 33.1 Å². The fraction of sp³-hybridized carbons (Fsp3) is 0.167. The fourth-order valence-electron chi connectivity index (χ4n) is 4.11. The topological polar surface area (TPSA) is 102 Å². The summed E-state index contributed by atoms with van der Waals surface area (Å²) in [7, 11) is -1.75. The average molecular weight is 480 g/mol. The molecule has 0 bridgehead atoms. The second-order valence-electron chi connectivity index (χ2n) is 8.08. The van der Waals surface area contributed by atoms with Crippen molar-refractivity contribution in [1.29, 1.82) is 0 Å². The number of aromatic nitrogens is 4. The van der Waals surface area contributed by atoms with E-state index >= 15 is 0 Å². The Labute approximate surface area is 195 Å². The zero-order valence-corrected chi connectivity index (χ0v) is 19.3. The first-order valence-electron chi connectivity index (χ1n) is 10.6. The van der Waals surface area contributed by atoms with Gasteiger partial charge in [-0.3, -0.25) is 4.72 Å². The van der Waals surface area contributed by atoms with Crippen molar-refractivity contribution in [3.05, 3.63) is 72.6 Å². The SMILES string of the molecule is CCS(=O)(=O)Nc1cc(-c2cn(C)c3c(O)nccc23)cc2c1ncn2Cc1ccc(F)cc1. The van der Waals surface area contributed by atoms with E-state index in [9.17, 15) is 17.9 Å². The van der Waals surface area contributed by atoms with E-state index in [1.54, 1.807) is 42.1 Å². The van der Waals surface area contributed by atoms with Crippen LogP contribution in [0.15, 0.2) is 61.2 Å².